The number of para-hydroxylation sites is 1. The van der Waals surface area contributed by atoms with Gasteiger partial charge in [-0.25, -0.2) is 4.79 Å². The lowest BCUT2D eigenvalue weighted by Crippen LogP contribution is -2.41. The zero-order chi connectivity index (χ0) is 13.3. The van der Waals surface area contributed by atoms with E-state index in [1.165, 1.54) is 12.8 Å². The van der Waals surface area contributed by atoms with Crippen molar-refractivity contribution in [2.75, 3.05) is 13.2 Å². The second kappa shape index (κ2) is 7.67. The van der Waals surface area contributed by atoms with E-state index in [4.69, 9.17) is 4.74 Å². The van der Waals surface area contributed by atoms with Crippen molar-refractivity contribution in [3.8, 4) is 5.75 Å². The third-order valence-electron chi connectivity index (χ3n) is 3.31. The van der Waals surface area contributed by atoms with E-state index in [2.05, 4.69) is 10.6 Å². The maximum Gasteiger partial charge on any atom is 0.315 e. The van der Waals surface area contributed by atoms with Crippen LogP contribution < -0.4 is 15.4 Å². The highest BCUT2D eigenvalue weighted by molar-refractivity contribution is 5.74. The minimum atomic E-state index is -0.0494. The Hall–Kier alpha value is -1.71. The summed E-state index contributed by atoms with van der Waals surface area (Å²) in [4.78, 5) is 11.6. The molecule has 0 unspecified atom stereocenters. The smallest absolute Gasteiger partial charge is 0.315 e. The van der Waals surface area contributed by atoms with E-state index >= 15 is 0 Å². The lowest BCUT2D eigenvalue weighted by molar-refractivity contribution is 0.235. The molecule has 1 fully saturated rings. The number of carbonyl (C=O) groups is 1. The largest absolute Gasteiger partial charge is 0.494 e. The van der Waals surface area contributed by atoms with E-state index in [0.29, 0.717) is 19.2 Å². The lowest BCUT2D eigenvalue weighted by Gasteiger charge is -2.13. The van der Waals surface area contributed by atoms with E-state index in [0.717, 1.165) is 25.0 Å². The molecule has 0 aromatic heterocycles. The van der Waals surface area contributed by atoms with Gasteiger partial charge in [0.05, 0.1) is 6.61 Å². The highest BCUT2D eigenvalue weighted by Crippen LogP contribution is 2.17. The Morgan fingerprint density at radius 1 is 1.21 bits per heavy atom. The maximum atomic E-state index is 11.6. The highest BCUT2D eigenvalue weighted by atomic mass is 16.5. The van der Waals surface area contributed by atoms with Gasteiger partial charge in [-0.3, -0.25) is 0 Å². The van der Waals surface area contributed by atoms with Gasteiger partial charge in [-0.2, -0.15) is 0 Å². The molecule has 0 radical (unpaired) electrons. The fraction of sp³-hybridized carbons (Fsp3) is 0.533. The van der Waals surface area contributed by atoms with Gasteiger partial charge in [0.1, 0.15) is 5.75 Å². The highest BCUT2D eigenvalue weighted by Gasteiger charge is 2.16. The summed E-state index contributed by atoms with van der Waals surface area (Å²) >= 11 is 0. The Labute approximate surface area is 114 Å². The van der Waals surface area contributed by atoms with Crippen LogP contribution in [0.5, 0.6) is 5.75 Å². The number of ether oxygens (including phenoxy) is 1. The van der Waals surface area contributed by atoms with Crippen molar-refractivity contribution in [2.45, 2.75) is 38.1 Å². The average Bonchev–Trinajstić information content (AvgIpc) is 2.92. The van der Waals surface area contributed by atoms with Crippen LogP contribution in [0.15, 0.2) is 30.3 Å². The predicted molar refractivity (Wildman–Crippen MR) is 75.3 cm³/mol. The van der Waals surface area contributed by atoms with Gasteiger partial charge < -0.3 is 15.4 Å². The Bertz CT molecular complexity index is 375. The van der Waals surface area contributed by atoms with Crippen molar-refractivity contribution in [1.29, 1.82) is 0 Å². The molecule has 2 N–H and O–H groups in total. The molecule has 1 saturated carbocycles. The number of amides is 2. The summed E-state index contributed by atoms with van der Waals surface area (Å²) < 4.78 is 5.55. The van der Waals surface area contributed by atoms with Crippen LogP contribution in [0.3, 0.4) is 0 Å². The molecule has 1 aliphatic carbocycles. The van der Waals surface area contributed by atoms with Crippen LogP contribution in [0.2, 0.25) is 0 Å². The third kappa shape index (κ3) is 5.20. The number of urea groups is 1. The summed E-state index contributed by atoms with van der Waals surface area (Å²) in [5.41, 5.74) is 0. The molecule has 0 spiro atoms. The maximum absolute atomic E-state index is 11.6. The molecule has 0 heterocycles. The number of hydrogen-bond acceptors (Lipinski definition) is 2. The van der Waals surface area contributed by atoms with Gasteiger partial charge in [-0.1, -0.05) is 31.0 Å². The molecule has 2 rings (SSSR count). The first kappa shape index (κ1) is 13.7. The van der Waals surface area contributed by atoms with Gasteiger partial charge >= 0.3 is 6.03 Å². The second-order valence-corrected chi connectivity index (χ2v) is 4.90. The van der Waals surface area contributed by atoms with Gasteiger partial charge in [0.2, 0.25) is 0 Å². The second-order valence-electron chi connectivity index (χ2n) is 4.90. The zero-order valence-corrected chi connectivity index (χ0v) is 11.2. The Kier molecular flexibility index (Phi) is 5.53. The molecular weight excluding hydrogens is 240 g/mol. The molecule has 1 aromatic carbocycles. The summed E-state index contributed by atoms with van der Waals surface area (Å²) in [7, 11) is 0. The van der Waals surface area contributed by atoms with Crippen molar-refractivity contribution in [2.24, 2.45) is 0 Å². The molecule has 1 aliphatic rings. The molecule has 0 bridgehead atoms. The standard InChI is InChI=1S/C15H22N2O2/c18-15(17-13-7-4-5-8-13)16-11-6-12-19-14-9-2-1-3-10-14/h1-3,9-10,13H,4-8,11-12H2,(H2,16,17,18). The van der Waals surface area contributed by atoms with E-state index in [1.807, 2.05) is 30.3 Å². The van der Waals surface area contributed by atoms with Gasteiger partial charge in [0.25, 0.3) is 0 Å². The van der Waals surface area contributed by atoms with Gasteiger partial charge in [0, 0.05) is 12.6 Å². The average molecular weight is 262 g/mol. The first-order valence-corrected chi connectivity index (χ1v) is 7.07. The summed E-state index contributed by atoms with van der Waals surface area (Å²) in [5, 5.41) is 5.86. The molecular formula is C15H22N2O2. The van der Waals surface area contributed by atoms with E-state index in [-0.39, 0.29) is 6.03 Å². The van der Waals surface area contributed by atoms with Crippen molar-refractivity contribution >= 4 is 6.03 Å². The van der Waals surface area contributed by atoms with Crippen molar-refractivity contribution < 1.29 is 9.53 Å². The first-order valence-electron chi connectivity index (χ1n) is 7.07. The van der Waals surface area contributed by atoms with Crippen LogP contribution in [-0.2, 0) is 0 Å². The van der Waals surface area contributed by atoms with Crippen LogP contribution in [0, 0.1) is 0 Å². The predicted octanol–water partition coefficient (Wildman–Crippen LogP) is 2.70. The Balaban J connectivity index is 1.50. The monoisotopic (exact) mass is 262 g/mol. The fourth-order valence-electron chi connectivity index (χ4n) is 2.29. The van der Waals surface area contributed by atoms with Crippen molar-refractivity contribution in [3.63, 3.8) is 0 Å². The number of carbonyl (C=O) groups excluding carboxylic acids is 1. The normalized spacial score (nSPS) is 15.2. The van der Waals surface area contributed by atoms with E-state index in [9.17, 15) is 4.79 Å². The lowest BCUT2D eigenvalue weighted by atomic mass is 10.2. The fourth-order valence-corrected chi connectivity index (χ4v) is 2.29. The van der Waals surface area contributed by atoms with Gasteiger partial charge in [-0.05, 0) is 31.4 Å². The summed E-state index contributed by atoms with van der Waals surface area (Å²) in [6.07, 6.45) is 5.51. The first-order chi connectivity index (χ1) is 9.34. The number of rotatable bonds is 6. The van der Waals surface area contributed by atoms with Gasteiger partial charge in [0.15, 0.2) is 0 Å². The molecule has 4 nitrogen and oxygen atoms in total. The molecule has 4 heteroatoms. The topological polar surface area (TPSA) is 50.4 Å². The van der Waals surface area contributed by atoms with Crippen molar-refractivity contribution in [3.05, 3.63) is 30.3 Å². The molecule has 1 aromatic rings. The van der Waals surface area contributed by atoms with Gasteiger partial charge in [-0.15, -0.1) is 0 Å². The molecule has 104 valence electrons. The number of benzene rings is 1. The SMILES string of the molecule is O=C(NCCCOc1ccccc1)NC1CCCC1. The van der Waals surface area contributed by atoms with Crippen LogP contribution >= 0.6 is 0 Å². The van der Waals surface area contributed by atoms with E-state index < -0.39 is 0 Å². The van der Waals surface area contributed by atoms with E-state index in [1.54, 1.807) is 0 Å². The quantitative estimate of drug-likeness (QED) is 0.774. The molecule has 2 amide bonds. The Morgan fingerprint density at radius 2 is 1.95 bits per heavy atom. The minimum Gasteiger partial charge on any atom is -0.494 e. The molecule has 0 atom stereocenters. The van der Waals surface area contributed by atoms with Crippen LogP contribution in [0.25, 0.3) is 0 Å². The number of nitrogens with one attached hydrogen (secondary N) is 2. The van der Waals surface area contributed by atoms with Crippen LogP contribution in [0.4, 0.5) is 4.79 Å². The summed E-state index contributed by atoms with van der Waals surface area (Å²) in [5.74, 6) is 0.873. The number of hydrogen-bond donors (Lipinski definition) is 2. The summed E-state index contributed by atoms with van der Waals surface area (Å²) in [6, 6.07) is 10.0. The third-order valence-corrected chi connectivity index (χ3v) is 3.31. The Morgan fingerprint density at radius 3 is 2.68 bits per heavy atom. The van der Waals surface area contributed by atoms with Crippen LogP contribution in [-0.4, -0.2) is 25.2 Å². The van der Waals surface area contributed by atoms with Crippen molar-refractivity contribution in [1.82, 2.24) is 10.6 Å². The zero-order valence-electron chi connectivity index (χ0n) is 11.2. The summed E-state index contributed by atoms with van der Waals surface area (Å²) in [6.45, 7) is 1.26. The minimum absolute atomic E-state index is 0.0494. The molecule has 0 aliphatic heterocycles. The molecule has 19 heavy (non-hydrogen) atoms. The van der Waals surface area contributed by atoms with Crippen LogP contribution in [0.1, 0.15) is 32.1 Å². The molecule has 0 saturated heterocycles.